The SMILES string of the molecule is COCCN(C(=O)C1CCCN(C(=O)C(C)(C)C)C1)c1c(N)n(CC(C)C)c(=O)[nH]c1=O. The summed E-state index contributed by atoms with van der Waals surface area (Å²) in [6, 6.07) is 0. The summed E-state index contributed by atoms with van der Waals surface area (Å²) < 4.78 is 6.44. The number of carbonyl (C=O) groups excluding carboxylic acids is 2. The van der Waals surface area contributed by atoms with E-state index in [1.807, 2.05) is 34.6 Å². The van der Waals surface area contributed by atoms with E-state index in [4.69, 9.17) is 10.5 Å². The van der Waals surface area contributed by atoms with Crippen LogP contribution in [0.2, 0.25) is 0 Å². The second-order valence-corrected chi connectivity index (χ2v) is 9.82. The molecule has 0 radical (unpaired) electrons. The molecule has 0 aromatic carbocycles. The summed E-state index contributed by atoms with van der Waals surface area (Å²) in [4.78, 5) is 56.7. The van der Waals surface area contributed by atoms with E-state index in [9.17, 15) is 19.2 Å². The Morgan fingerprint density at radius 1 is 1.28 bits per heavy atom. The highest BCUT2D eigenvalue weighted by Crippen LogP contribution is 2.27. The third-order valence-electron chi connectivity index (χ3n) is 5.52. The molecule has 180 valence electrons. The van der Waals surface area contributed by atoms with Crippen molar-refractivity contribution in [3.8, 4) is 0 Å². The maximum Gasteiger partial charge on any atom is 0.330 e. The second kappa shape index (κ2) is 10.3. The fourth-order valence-corrected chi connectivity index (χ4v) is 3.96. The monoisotopic (exact) mass is 451 g/mol. The summed E-state index contributed by atoms with van der Waals surface area (Å²) in [5, 5.41) is 0. The Balaban J connectivity index is 2.44. The molecule has 1 unspecified atom stereocenters. The maximum atomic E-state index is 13.6. The van der Waals surface area contributed by atoms with Gasteiger partial charge in [-0.15, -0.1) is 0 Å². The number of rotatable bonds is 7. The average molecular weight is 452 g/mol. The Kier molecular flexibility index (Phi) is 8.28. The number of nitrogens with one attached hydrogen (secondary N) is 1. The van der Waals surface area contributed by atoms with Crippen molar-refractivity contribution >= 4 is 23.3 Å². The van der Waals surface area contributed by atoms with Crippen LogP contribution in [-0.4, -0.2) is 59.6 Å². The number of aromatic nitrogens is 2. The summed E-state index contributed by atoms with van der Waals surface area (Å²) in [5.41, 5.74) is 4.33. The molecule has 2 heterocycles. The Labute approximate surface area is 188 Å². The molecule has 32 heavy (non-hydrogen) atoms. The predicted molar refractivity (Wildman–Crippen MR) is 124 cm³/mol. The number of likely N-dealkylation sites (tertiary alicyclic amines) is 1. The Hall–Kier alpha value is -2.62. The van der Waals surface area contributed by atoms with Gasteiger partial charge in [0.25, 0.3) is 5.56 Å². The number of carbonyl (C=O) groups is 2. The molecule has 1 aromatic rings. The highest BCUT2D eigenvalue weighted by molar-refractivity contribution is 5.97. The van der Waals surface area contributed by atoms with Crippen LogP contribution in [0.15, 0.2) is 9.59 Å². The van der Waals surface area contributed by atoms with Gasteiger partial charge in [0.1, 0.15) is 5.82 Å². The zero-order chi connectivity index (χ0) is 24.2. The number of piperidine rings is 1. The van der Waals surface area contributed by atoms with E-state index in [1.165, 1.54) is 16.6 Å². The Morgan fingerprint density at radius 2 is 1.94 bits per heavy atom. The first-order valence-electron chi connectivity index (χ1n) is 11.1. The van der Waals surface area contributed by atoms with Gasteiger partial charge >= 0.3 is 5.69 Å². The van der Waals surface area contributed by atoms with Gasteiger partial charge in [0.15, 0.2) is 5.69 Å². The molecule has 1 aromatic heterocycles. The number of hydrogen-bond acceptors (Lipinski definition) is 6. The molecular weight excluding hydrogens is 414 g/mol. The molecule has 1 saturated heterocycles. The molecule has 10 nitrogen and oxygen atoms in total. The summed E-state index contributed by atoms with van der Waals surface area (Å²) in [6.45, 7) is 10.9. The minimum absolute atomic E-state index is 0.0127. The van der Waals surface area contributed by atoms with E-state index in [1.54, 1.807) is 4.90 Å². The third-order valence-corrected chi connectivity index (χ3v) is 5.52. The van der Waals surface area contributed by atoms with Crippen LogP contribution in [0.1, 0.15) is 47.5 Å². The molecule has 0 aliphatic carbocycles. The molecule has 10 heteroatoms. The topological polar surface area (TPSA) is 131 Å². The maximum absolute atomic E-state index is 13.6. The summed E-state index contributed by atoms with van der Waals surface area (Å²) >= 11 is 0. The van der Waals surface area contributed by atoms with Crippen LogP contribution < -0.4 is 21.9 Å². The molecule has 2 rings (SSSR count). The number of aromatic amines is 1. The molecule has 1 aliphatic rings. The van der Waals surface area contributed by atoms with Gasteiger partial charge in [0.05, 0.1) is 12.5 Å². The van der Waals surface area contributed by atoms with Gasteiger partial charge in [0.2, 0.25) is 11.8 Å². The van der Waals surface area contributed by atoms with E-state index in [2.05, 4.69) is 4.98 Å². The smallest absolute Gasteiger partial charge is 0.330 e. The first-order valence-corrected chi connectivity index (χ1v) is 11.1. The highest BCUT2D eigenvalue weighted by atomic mass is 16.5. The summed E-state index contributed by atoms with van der Waals surface area (Å²) in [5.74, 6) is -0.736. The van der Waals surface area contributed by atoms with Crippen LogP contribution in [0.4, 0.5) is 11.5 Å². The van der Waals surface area contributed by atoms with E-state index < -0.39 is 22.6 Å². The number of nitrogens with zero attached hydrogens (tertiary/aromatic N) is 3. The Bertz CT molecular complexity index is 944. The zero-order valence-corrected chi connectivity index (χ0v) is 20.1. The third kappa shape index (κ3) is 5.79. The van der Waals surface area contributed by atoms with Gasteiger partial charge in [-0.05, 0) is 18.8 Å². The Morgan fingerprint density at radius 3 is 2.50 bits per heavy atom. The molecule has 1 aliphatic heterocycles. The van der Waals surface area contributed by atoms with Crippen molar-refractivity contribution in [2.45, 2.75) is 54.0 Å². The van der Waals surface area contributed by atoms with Crippen molar-refractivity contribution in [2.24, 2.45) is 17.3 Å². The number of ether oxygens (including phenoxy) is 1. The van der Waals surface area contributed by atoms with Gasteiger partial charge in [0, 0.05) is 38.7 Å². The minimum Gasteiger partial charge on any atom is -0.383 e. The number of anilines is 2. The first kappa shape index (κ1) is 25.6. The number of methoxy groups -OCH3 is 1. The number of nitrogen functional groups attached to an aromatic ring is 1. The molecule has 2 amide bonds. The van der Waals surface area contributed by atoms with E-state index in [0.717, 1.165) is 0 Å². The lowest BCUT2D eigenvalue weighted by molar-refractivity contribution is -0.142. The van der Waals surface area contributed by atoms with E-state index in [-0.39, 0.29) is 48.9 Å². The number of amides is 2. The predicted octanol–water partition coefficient (Wildman–Crippen LogP) is 1.04. The van der Waals surface area contributed by atoms with Gasteiger partial charge in [-0.1, -0.05) is 34.6 Å². The van der Waals surface area contributed by atoms with Gasteiger partial charge in [-0.25, -0.2) is 4.79 Å². The van der Waals surface area contributed by atoms with Crippen molar-refractivity contribution in [2.75, 3.05) is 44.0 Å². The number of hydrogen-bond donors (Lipinski definition) is 2. The lowest BCUT2D eigenvalue weighted by atomic mass is 9.90. The van der Waals surface area contributed by atoms with Crippen molar-refractivity contribution in [3.05, 3.63) is 20.8 Å². The van der Waals surface area contributed by atoms with Crippen LogP contribution in [0.25, 0.3) is 0 Å². The molecule has 0 saturated carbocycles. The van der Waals surface area contributed by atoms with E-state index in [0.29, 0.717) is 25.9 Å². The molecule has 0 spiro atoms. The van der Waals surface area contributed by atoms with Crippen LogP contribution >= 0.6 is 0 Å². The number of nitrogens with two attached hydrogens (primary N) is 1. The molecule has 1 atom stereocenters. The largest absolute Gasteiger partial charge is 0.383 e. The lowest BCUT2D eigenvalue weighted by Crippen LogP contribution is -2.51. The van der Waals surface area contributed by atoms with Crippen LogP contribution in [0.5, 0.6) is 0 Å². The normalized spacial score (nSPS) is 17.0. The highest BCUT2D eigenvalue weighted by Gasteiger charge is 2.36. The second-order valence-electron chi connectivity index (χ2n) is 9.82. The van der Waals surface area contributed by atoms with Crippen LogP contribution in [-0.2, 0) is 20.9 Å². The molecule has 0 bridgehead atoms. The fourth-order valence-electron chi connectivity index (χ4n) is 3.96. The van der Waals surface area contributed by atoms with Crippen LogP contribution in [0, 0.1) is 17.3 Å². The van der Waals surface area contributed by atoms with Crippen molar-refractivity contribution in [3.63, 3.8) is 0 Å². The quantitative estimate of drug-likeness (QED) is 0.637. The summed E-state index contributed by atoms with van der Waals surface area (Å²) in [6.07, 6.45) is 1.29. The van der Waals surface area contributed by atoms with Crippen molar-refractivity contribution in [1.29, 1.82) is 0 Å². The van der Waals surface area contributed by atoms with Gasteiger partial charge < -0.3 is 20.3 Å². The molecule has 1 fully saturated rings. The first-order chi connectivity index (χ1) is 14.9. The zero-order valence-electron chi connectivity index (χ0n) is 20.1. The van der Waals surface area contributed by atoms with Crippen molar-refractivity contribution in [1.82, 2.24) is 14.5 Å². The van der Waals surface area contributed by atoms with Gasteiger partial charge in [-0.2, -0.15) is 0 Å². The van der Waals surface area contributed by atoms with Crippen molar-refractivity contribution < 1.29 is 14.3 Å². The lowest BCUT2D eigenvalue weighted by Gasteiger charge is -2.37. The summed E-state index contributed by atoms with van der Waals surface area (Å²) in [7, 11) is 1.50. The number of H-pyrrole nitrogens is 1. The van der Waals surface area contributed by atoms with E-state index >= 15 is 0 Å². The average Bonchev–Trinajstić information content (AvgIpc) is 2.71. The minimum atomic E-state index is -0.713. The fraction of sp³-hybridized carbons (Fsp3) is 0.727. The van der Waals surface area contributed by atoms with Crippen LogP contribution in [0.3, 0.4) is 0 Å². The molecular formula is C22H37N5O5. The van der Waals surface area contributed by atoms with Gasteiger partial charge in [-0.3, -0.25) is 23.9 Å². The standard InChI is InChI=1S/C22H37N5O5/c1-14(2)12-27-17(23)16(18(28)24-21(27)31)26(10-11-32-6)19(29)15-8-7-9-25(13-15)20(30)22(3,4)5/h14-15H,7-13,23H2,1-6H3,(H,24,28,31). The molecule has 3 N–H and O–H groups in total.